The van der Waals surface area contributed by atoms with Gasteiger partial charge in [-0.15, -0.1) is 0 Å². The van der Waals surface area contributed by atoms with Crippen LogP contribution in [0.4, 0.5) is 4.79 Å². The van der Waals surface area contributed by atoms with Crippen LogP contribution >= 0.6 is 0 Å². The first-order valence-electron chi connectivity index (χ1n) is 23.3. The lowest BCUT2D eigenvalue weighted by Crippen LogP contribution is -2.54. The summed E-state index contributed by atoms with van der Waals surface area (Å²) < 4.78 is 24.6. The van der Waals surface area contributed by atoms with E-state index in [-0.39, 0.29) is 95.2 Å². The molecule has 0 bridgehead atoms. The quantitative estimate of drug-likeness (QED) is 0.126. The van der Waals surface area contributed by atoms with Gasteiger partial charge in [0.15, 0.2) is 14.9 Å². The number of alkyl carbamates (subject to hydrolysis) is 1. The third kappa shape index (κ3) is 10.5. The number of cyclic esters (lactones) is 1. The number of esters is 1. The van der Waals surface area contributed by atoms with Crippen LogP contribution in [0, 0.1) is 29.6 Å². The molecule has 2 N–H and O–H groups in total. The molecule has 1 aromatic carbocycles. The maximum atomic E-state index is 13.4. The van der Waals surface area contributed by atoms with E-state index in [4.69, 9.17) is 18.6 Å². The van der Waals surface area contributed by atoms with Gasteiger partial charge in [-0.2, -0.15) is 0 Å². The molecule has 3 fully saturated rings. The predicted molar refractivity (Wildman–Crippen MR) is 238 cm³/mol. The number of likely N-dealkylation sites (tertiary alicyclic amines) is 1. The lowest BCUT2D eigenvalue weighted by Gasteiger charge is -2.44. The highest BCUT2D eigenvalue weighted by Crippen LogP contribution is 2.46. The van der Waals surface area contributed by atoms with Crippen molar-refractivity contribution in [1.82, 2.24) is 20.4 Å². The maximum Gasteiger partial charge on any atom is 0.407 e. The molecule has 348 valence electrons. The molecule has 4 heterocycles. The smallest absolute Gasteiger partial charge is 0.407 e. The summed E-state index contributed by atoms with van der Waals surface area (Å²) >= 11 is 0. The van der Waals surface area contributed by atoms with Crippen LogP contribution in [-0.4, -0.2) is 110 Å². The number of hydrogen-bond donors (Lipinski definition) is 2. The Labute approximate surface area is 377 Å². The summed E-state index contributed by atoms with van der Waals surface area (Å²) in [5.74, 6) is -1.78. The van der Waals surface area contributed by atoms with Gasteiger partial charge in [0.2, 0.25) is 11.8 Å². The van der Waals surface area contributed by atoms with E-state index < -0.39 is 44.1 Å². The summed E-state index contributed by atoms with van der Waals surface area (Å²) in [7, 11) is -2.05. The first kappa shape index (κ1) is 47.1. The molecule has 6 amide bonds. The number of nitrogens with one attached hydrogen (secondary N) is 2. The third-order valence-corrected chi connectivity index (χ3v) is 19.3. The fraction of sp³-hybridized carbons (Fsp3) is 0.646. The van der Waals surface area contributed by atoms with Crippen LogP contribution in [0.5, 0.6) is 5.75 Å². The Morgan fingerprint density at radius 3 is 2.44 bits per heavy atom. The van der Waals surface area contributed by atoms with Crippen LogP contribution in [0.25, 0.3) is 0 Å². The Morgan fingerprint density at radius 1 is 0.969 bits per heavy atom. The number of rotatable bonds is 13. The van der Waals surface area contributed by atoms with Crippen molar-refractivity contribution in [1.29, 1.82) is 0 Å². The second kappa shape index (κ2) is 19.3. The standard InChI is InChI=1S/C48H66N4O11Si/c1-28-23-31-12-11-29(2)34(14-13-32-25-33(26-41(55)61-32)63-64(6,7)48(3,4)5)42(31)38(24-28)62-47(59)49-20-17-30-18-21-51(22-19-30)40(54)27-60-37-10-8-9-35-43(37)46(58)52(45(35)57)36-15-16-39(53)50-44(36)56/h8-12,23,28-30,32-34,36,38,42H,13-22,24-27H2,1-7H3,(H,49,59)(H,50,53,56)/t28-,29-,32+,33+,34-,36?,38-,42-/m0/s1. The Balaban J connectivity index is 0.857. The number of hydrogen-bond acceptors (Lipinski definition) is 11. The van der Waals surface area contributed by atoms with Gasteiger partial charge in [-0.25, -0.2) is 4.79 Å². The SMILES string of the molecule is C[C@H]1C=C2C=C[C@H](C)[C@H](CC[C@@H]3C[C@@H](O[Si](C)(C)C(C)(C)C)CC(=O)O3)[C@H]2[C@@H](OC(=O)NCCC2CCN(C(=O)COc3cccc4c3C(=O)N(C3CCC(=O)NC3=O)C4=O)CC2)C1. The molecule has 2 aliphatic carbocycles. The third-order valence-electron chi connectivity index (χ3n) is 14.7. The van der Waals surface area contributed by atoms with Gasteiger partial charge in [0.25, 0.3) is 17.7 Å². The number of imide groups is 2. The van der Waals surface area contributed by atoms with Crippen LogP contribution in [0.2, 0.25) is 18.1 Å². The molecule has 7 rings (SSSR count). The van der Waals surface area contributed by atoms with E-state index >= 15 is 0 Å². The highest BCUT2D eigenvalue weighted by Gasteiger charge is 2.47. The Kier molecular flexibility index (Phi) is 14.2. The monoisotopic (exact) mass is 902 g/mol. The number of ether oxygens (including phenoxy) is 3. The molecule has 1 unspecified atom stereocenters. The van der Waals surface area contributed by atoms with Gasteiger partial charge in [-0.05, 0) is 104 Å². The summed E-state index contributed by atoms with van der Waals surface area (Å²) in [5.41, 5.74) is 1.29. The van der Waals surface area contributed by atoms with Crippen LogP contribution < -0.4 is 15.4 Å². The van der Waals surface area contributed by atoms with E-state index in [1.165, 1.54) is 17.7 Å². The van der Waals surface area contributed by atoms with Crippen molar-refractivity contribution in [2.75, 3.05) is 26.2 Å². The molecule has 8 atom stereocenters. The van der Waals surface area contributed by atoms with Crippen LogP contribution in [0.1, 0.15) is 120 Å². The Hall–Kier alpha value is -4.83. The first-order chi connectivity index (χ1) is 30.3. The number of allylic oxidation sites excluding steroid dienone is 3. The van der Waals surface area contributed by atoms with Crippen molar-refractivity contribution in [3.63, 3.8) is 0 Å². The lowest BCUT2D eigenvalue weighted by molar-refractivity contribution is -0.160. The van der Waals surface area contributed by atoms with Crippen LogP contribution in [0.3, 0.4) is 0 Å². The van der Waals surface area contributed by atoms with Crippen LogP contribution in [0.15, 0.2) is 42.0 Å². The molecular formula is C48H66N4O11Si. The van der Waals surface area contributed by atoms with E-state index in [0.29, 0.717) is 38.4 Å². The minimum Gasteiger partial charge on any atom is -0.483 e. The maximum absolute atomic E-state index is 13.4. The molecule has 4 aliphatic heterocycles. The average Bonchev–Trinajstić information content (AvgIpc) is 3.47. The van der Waals surface area contributed by atoms with Crippen LogP contribution in [-0.2, 0) is 33.1 Å². The number of fused-ring (bicyclic) bond motifs is 2. The van der Waals surface area contributed by atoms with Gasteiger partial charge >= 0.3 is 12.1 Å². The minimum absolute atomic E-state index is 0.000447. The molecule has 0 spiro atoms. The zero-order valence-corrected chi connectivity index (χ0v) is 39.4. The van der Waals surface area contributed by atoms with Gasteiger partial charge in [-0.3, -0.25) is 39.0 Å². The number of benzene rings is 1. The van der Waals surface area contributed by atoms with Crippen molar-refractivity contribution in [2.24, 2.45) is 29.6 Å². The van der Waals surface area contributed by atoms with Crippen molar-refractivity contribution in [3.05, 3.63) is 53.1 Å². The summed E-state index contributed by atoms with van der Waals surface area (Å²) in [4.78, 5) is 92.7. The summed E-state index contributed by atoms with van der Waals surface area (Å²) in [6.45, 7) is 16.6. The molecule has 15 nitrogen and oxygen atoms in total. The van der Waals surface area contributed by atoms with Gasteiger partial charge in [0, 0.05) is 38.4 Å². The van der Waals surface area contributed by atoms with E-state index in [9.17, 15) is 33.6 Å². The fourth-order valence-electron chi connectivity index (χ4n) is 10.2. The highest BCUT2D eigenvalue weighted by molar-refractivity contribution is 6.74. The van der Waals surface area contributed by atoms with E-state index in [2.05, 4.69) is 76.6 Å². The molecule has 16 heteroatoms. The number of nitrogens with zero attached hydrogens (tertiary/aromatic N) is 2. The Bertz CT molecular complexity index is 2070. The predicted octanol–water partition coefficient (Wildman–Crippen LogP) is 6.47. The normalized spacial score (nSPS) is 28.8. The molecule has 0 saturated carbocycles. The van der Waals surface area contributed by atoms with Gasteiger partial charge in [-0.1, -0.05) is 58.9 Å². The number of piperidine rings is 2. The van der Waals surface area contributed by atoms with Gasteiger partial charge in [0.1, 0.15) is 24.0 Å². The molecule has 0 aromatic heterocycles. The number of amides is 6. The second-order valence-electron chi connectivity index (χ2n) is 20.3. The van der Waals surface area contributed by atoms with E-state index in [0.717, 1.165) is 43.4 Å². The minimum atomic E-state index is -2.05. The first-order valence-corrected chi connectivity index (χ1v) is 26.2. The number of carbonyl (C=O) groups excluding carboxylic acids is 7. The summed E-state index contributed by atoms with van der Waals surface area (Å²) in [6.07, 6.45) is 11.3. The molecular weight excluding hydrogens is 837 g/mol. The van der Waals surface area contributed by atoms with E-state index in [1.54, 1.807) is 11.0 Å². The fourth-order valence-corrected chi connectivity index (χ4v) is 11.5. The Morgan fingerprint density at radius 2 is 1.72 bits per heavy atom. The molecule has 64 heavy (non-hydrogen) atoms. The average molecular weight is 903 g/mol. The second-order valence-corrected chi connectivity index (χ2v) is 25.1. The van der Waals surface area contributed by atoms with Gasteiger partial charge in [0.05, 0.1) is 23.7 Å². The molecule has 3 saturated heterocycles. The summed E-state index contributed by atoms with van der Waals surface area (Å²) in [6, 6.07) is 3.45. The lowest BCUT2D eigenvalue weighted by atomic mass is 9.65. The highest BCUT2D eigenvalue weighted by atomic mass is 28.4. The van der Waals surface area contributed by atoms with Crippen molar-refractivity contribution in [3.8, 4) is 5.75 Å². The topological polar surface area (TPSA) is 187 Å². The zero-order chi connectivity index (χ0) is 46.1. The largest absolute Gasteiger partial charge is 0.483 e. The zero-order valence-electron chi connectivity index (χ0n) is 38.4. The van der Waals surface area contributed by atoms with Crippen molar-refractivity contribution < 1.29 is 52.2 Å². The van der Waals surface area contributed by atoms with E-state index in [1.807, 2.05) is 0 Å². The number of carbonyl (C=O) groups is 7. The van der Waals surface area contributed by atoms with Crippen molar-refractivity contribution >= 4 is 49.9 Å². The van der Waals surface area contributed by atoms with Crippen molar-refractivity contribution in [2.45, 2.75) is 141 Å². The molecule has 6 aliphatic rings. The molecule has 1 aromatic rings. The molecule has 0 radical (unpaired) electrons. The summed E-state index contributed by atoms with van der Waals surface area (Å²) in [5, 5.41) is 5.24. The van der Waals surface area contributed by atoms with Gasteiger partial charge < -0.3 is 28.9 Å².